The summed E-state index contributed by atoms with van der Waals surface area (Å²) < 4.78 is 5.86. The van der Waals surface area contributed by atoms with Gasteiger partial charge >= 0.3 is 0 Å². The topological polar surface area (TPSA) is 51.2 Å². The van der Waals surface area contributed by atoms with Gasteiger partial charge in [-0.2, -0.15) is 0 Å². The van der Waals surface area contributed by atoms with Gasteiger partial charge in [0, 0.05) is 12.0 Å². The Morgan fingerprint density at radius 2 is 2.50 bits per heavy atom. The summed E-state index contributed by atoms with van der Waals surface area (Å²) in [6.07, 6.45) is 9.43. The number of hydrazine groups is 1. The van der Waals surface area contributed by atoms with E-state index in [0.29, 0.717) is 0 Å². The molecule has 14 heavy (non-hydrogen) atoms. The van der Waals surface area contributed by atoms with Crippen molar-refractivity contribution in [3.63, 3.8) is 0 Å². The van der Waals surface area contributed by atoms with E-state index in [1.165, 1.54) is 0 Å². The number of nitrogens with two attached hydrogens (primary N) is 1. The van der Waals surface area contributed by atoms with E-state index in [1.54, 1.807) is 6.26 Å². The zero-order chi connectivity index (χ0) is 10.4. The summed E-state index contributed by atoms with van der Waals surface area (Å²) in [7, 11) is 0. The van der Waals surface area contributed by atoms with Gasteiger partial charge in [0.15, 0.2) is 4.67 Å². The summed E-state index contributed by atoms with van der Waals surface area (Å²) in [6, 6.07) is 1.99. The first-order valence-electron chi connectivity index (χ1n) is 4.42. The van der Waals surface area contributed by atoms with Crippen molar-refractivity contribution in [2.75, 3.05) is 0 Å². The van der Waals surface area contributed by atoms with Crippen molar-refractivity contribution in [1.29, 1.82) is 0 Å². The molecule has 1 rings (SSSR count). The first-order chi connectivity index (χ1) is 6.79. The predicted molar refractivity (Wildman–Crippen MR) is 59.2 cm³/mol. The van der Waals surface area contributed by atoms with E-state index in [9.17, 15) is 0 Å². The van der Waals surface area contributed by atoms with Gasteiger partial charge in [-0.1, -0.05) is 0 Å². The molecule has 3 nitrogen and oxygen atoms in total. The van der Waals surface area contributed by atoms with Crippen LogP contribution in [0.3, 0.4) is 0 Å². The van der Waals surface area contributed by atoms with Crippen molar-refractivity contribution >= 4 is 15.9 Å². The molecule has 0 aliphatic rings. The molecule has 1 atom stereocenters. The summed E-state index contributed by atoms with van der Waals surface area (Å²) >= 11 is 3.31. The Balaban J connectivity index is 2.55. The van der Waals surface area contributed by atoms with Crippen LogP contribution in [0.2, 0.25) is 0 Å². The monoisotopic (exact) mass is 256 g/mol. The van der Waals surface area contributed by atoms with E-state index < -0.39 is 0 Å². The maximum atomic E-state index is 5.45. The molecule has 4 heteroatoms. The smallest absolute Gasteiger partial charge is 0.173 e. The van der Waals surface area contributed by atoms with Gasteiger partial charge < -0.3 is 4.42 Å². The summed E-state index contributed by atoms with van der Waals surface area (Å²) in [6.45, 7) is 0. The van der Waals surface area contributed by atoms with Crippen LogP contribution in [0.25, 0.3) is 0 Å². The van der Waals surface area contributed by atoms with Crippen molar-refractivity contribution < 1.29 is 4.42 Å². The Morgan fingerprint density at radius 3 is 3.00 bits per heavy atom. The fraction of sp³-hybridized carbons (Fsp3) is 0.400. The van der Waals surface area contributed by atoms with Crippen molar-refractivity contribution in [2.45, 2.75) is 25.3 Å². The first kappa shape index (κ1) is 11.3. The largest absolute Gasteiger partial charge is 0.457 e. The number of terminal acetylenes is 1. The van der Waals surface area contributed by atoms with E-state index in [2.05, 4.69) is 27.3 Å². The van der Waals surface area contributed by atoms with Crippen LogP contribution in [-0.2, 0) is 0 Å². The highest BCUT2D eigenvalue weighted by Crippen LogP contribution is 2.27. The van der Waals surface area contributed by atoms with E-state index in [1.807, 2.05) is 6.07 Å². The van der Waals surface area contributed by atoms with Gasteiger partial charge in [-0.3, -0.25) is 11.3 Å². The van der Waals surface area contributed by atoms with Crippen LogP contribution in [0.4, 0.5) is 0 Å². The highest BCUT2D eigenvalue weighted by molar-refractivity contribution is 9.10. The van der Waals surface area contributed by atoms with Crippen LogP contribution in [-0.4, -0.2) is 0 Å². The highest BCUT2D eigenvalue weighted by atomic mass is 79.9. The summed E-state index contributed by atoms with van der Waals surface area (Å²) in [4.78, 5) is 0. The van der Waals surface area contributed by atoms with Crippen molar-refractivity contribution in [2.24, 2.45) is 5.84 Å². The van der Waals surface area contributed by atoms with Gasteiger partial charge in [0.05, 0.1) is 12.3 Å². The first-order valence-corrected chi connectivity index (χ1v) is 5.21. The van der Waals surface area contributed by atoms with Gasteiger partial charge in [-0.25, -0.2) is 0 Å². The maximum absolute atomic E-state index is 5.45. The zero-order valence-electron chi connectivity index (χ0n) is 7.79. The lowest BCUT2D eigenvalue weighted by Gasteiger charge is -2.13. The Hall–Kier alpha value is -0.760. The molecule has 1 unspecified atom stereocenters. The molecule has 1 aromatic rings. The van der Waals surface area contributed by atoms with Gasteiger partial charge in [0.1, 0.15) is 0 Å². The second-order valence-corrected chi connectivity index (χ2v) is 3.69. The van der Waals surface area contributed by atoms with Crippen LogP contribution in [0.15, 0.2) is 21.4 Å². The number of hydrogen-bond donors (Lipinski definition) is 2. The summed E-state index contributed by atoms with van der Waals surface area (Å²) in [5.41, 5.74) is 3.78. The number of furan rings is 1. The Morgan fingerprint density at radius 1 is 1.71 bits per heavy atom. The van der Waals surface area contributed by atoms with E-state index >= 15 is 0 Å². The minimum Gasteiger partial charge on any atom is -0.457 e. The molecule has 76 valence electrons. The number of unbranched alkanes of at least 4 members (excludes halogenated alkanes) is 1. The van der Waals surface area contributed by atoms with Gasteiger partial charge in [0.2, 0.25) is 0 Å². The summed E-state index contributed by atoms with van der Waals surface area (Å²) in [5, 5.41) is 0. The molecule has 1 heterocycles. The van der Waals surface area contributed by atoms with Gasteiger partial charge in [-0.15, -0.1) is 12.3 Å². The van der Waals surface area contributed by atoms with Crippen molar-refractivity contribution in [1.82, 2.24) is 5.43 Å². The number of hydrogen-bond acceptors (Lipinski definition) is 3. The minimum atomic E-state index is 0.0940. The minimum absolute atomic E-state index is 0.0940. The molecule has 3 N–H and O–H groups in total. The zero-order valence-corrected chi connectivity index (χ0v) is 9.38. The van der Waals surface area contributed by atoms with E-state index in [-0.39, 0.29) is 6.04 Å². The maximum Gasteiger partial charge on any atom is 0.173 e. The molecule has 0 bridgehead atoms. The van der Waals surface area contributed by atoms with E-state index in [0.717, 1.165) is 29.5 Å². The Labute approximate surface area is 92.1 Å². The second-order valence-electron chi connectivity index (χ2n) is 2.97. The van der Waals surface area contributed by atoms with Crippen LogP contribution >= 0.6 is 15.9 Å². The fourth-order valence-electron chi connectivity index (χ4n) is 1.29. The van der Waals surface area contributed by atoms with Gasteiger partial charge in [0.25, 0.3) is 0 Å². The average molecular weight is 257 g/mol. The molecular formula is C10H13BrN2O. The molecule has 0 fully saturated rings. The van der Waals surface area contributed by atoms with Crippen LogP contribution < -0.4 is 11.3 Å². The van der Waals surface area contributed by atoms with Gasteiger partial charge in [-0.05, 0) is 34.8 Å². The lowest BCUT2D eigenvalue weighted by atomic mass is 10.1. The highest BCUT2D eigenvalue weighted by Gasteiger charge is 2.14. The second kappa shape index (κ2) is 5.86. The average Bonchev–Trinajstić information content (AvgIpc) is 2.60. The molecule has 0 aliphatic carbocycles. The quantitative estimate of drug-likeness (QED) is 0.368. The number of rotatable bonds is 5. The Kier molecular flexibility index (Phi) is 4.74. The summed E-state index contributed by atoms with van der Waals surface area (Å²) in [5.74, 6) is 8.05. The third-order valence-corrected chi connectivity index (χ3v) is 2.68. The Bertz CT molecular complexity index is 316. The molecule has 0 amide bonds. The van der Waals surface area contributed by atoms with E-state index in [4.69, 9.17) is 16.7 Å². The molecule has 0 saturated heterocycles. The number of nitrogens with one attached hydrogen (secondary N) is 1. The lowest BCUT2D eigenvalue weighted by molar-refractivity contribution is 0.480. The van der Waals surface area contributed by atoms with Crippen LogP contribution in [0.5, 0.6) is 0 Å². The third-order valence-electron chi connectivity index (χ3n) is 2.04. The number of halogens is 1. The standard InChI is InChI=1S/C10H13BrN2O/c1-2-3-4-5-9(13-12)8-6-7-14-10(8)11/h1,6-7,9,13H,3-5,12H2. The molecule has 0 spiro atoms. The molecule has 1 aromatic heterocycles. The molecule has 0 radical (unpaired) electrons. The van der Waals surface area contributed by atoms with Crippen molar-refractivity contribution in [3.8, 4) is 12.3 Å². The predicted octanol–water partition coefficient (Wildman–Crippen LogP) is 2.35. The fourth-order valence-corrected chi connectivity index (χ4v) is 1.81. The molecule has 0 aliphatic heterocycles. The molecule has 0 saturated carbocycles. The molecule has 0 aromatic carbocycles. The molecular weight excluding hydrogens is 244 g/mol. The normalized spacial score (nSPS) is 12.4. The SMILES string of the molecule is C#CCCCC(NN)c1ccoc1Br. The lowest BCUT2D eigenvalue weighted by Crippen LogP contribution is -2.27. The third kappa shape index (κ3) is 2.88. The van der Waals surface area contributed by atoms with Crippen LogP contribution in [0.1, 0.15) is 30.9 Å². The van der Waals surface area contributed by atoms with Crippen molar-refractivity contribution in [3.05, 3.63) is 22.6 Å². The van der Waals surface area contributed by atoms with Crippen LogP contribution in [0, 0.1) is 12.3 Å².